The number of nitrogens with zero attached hydrogens (tertiary/aromatic N) is 2. The van der Waals surface area contributed by atoms with Crippen molar-refractivity contribution in [3.05, 3.63) is 0 Å². The summed E-state index contributed by atoms with van der Waals surface area (Å²) in [6.45, 7) is 1.51. The van der Waals surface area contributed by atoms with E-state index in [-0.39, 0.29) is 6.04 Å². The molecule has 0 aromatic heterocycles. The van der Waals surface area contributed by atoms with Crippen molar-refractivity contribution in [2.45, 2.75) is 63.5 Å². The van der Waals surface area contributed by atoms with Crippen LogP contribution in [0.25, 0.3) is 0 Å². The molecule has 0 radical (unpaired) electrons. The van der Waals surface area contributed by atoms with Crippen LogP contribution in [0.5, 0.6) is 0 Å². The van der Waals surface area contributed by atoms with E-state index in [1.54, 1.807) is 18.4 Å². The molecule has 6 heteroatoms. The molecular weight excluding hydrogens is 274 g/mol. The van der Waals surface area contributed by atoms with Crippen molar-refractivity contribution >= 4 is 10.2 Å². The monoisotopic (exact) mass is 303 g/mol. The van der Waals surface area contributed by atoms with E-state index in [0.29, 0.717) is 12.6 Å². The van der Waals surface area contributed by atoms with Gasteiger partial charge in [0, 0.05) is 32.7 Å². The third-order valence-corrected chi connectivity index (χ3v) is 6.50. The minimum Gasteiger partial charge on any atom is -0.314 e. The summed E-state index contributed by atoms with van der Waals surface area (Å²) in [5.41, 5.74) is 0. The molecule has 118 valence electrons. The van der Waals surface area contributed by atoms with Gasteiger partial charge in [-0.3, -0.25) is 0 Å². The predicted molar refractivity (Wildman–Crippen MR) is 81.8 cm³/mol. The van der Waals surface area contributed by atoms with Crippen molar-refractivity contribution in [3.63, 3.8) is 0 Å². The fraction of sp³-hybridized carbons (Fsp3) is 1.00. The van der Waals surface area contributed by atoms with Gasteiger partial charge >= 0.3 is 0 Å². The molecule has 0 saturated heterocycles. The molecule has 0 heterocycles. The summed E-state index contributed by atoms with van der Waals surface area (Å²) in [5, 5.41) is 3.42. The molecule has 0 aliphatic heterocycles. The van der Waals surface area contributed by atoms with Crippen molar-refractivity contribution in [3.8, 4) is 0 Å². The molecule has 0 spiro atoms. The van der Waals surface area contributed by atoms with Crippen molar-refractivity contribution in [2.24, 2.45) is 0 Å². The van der Waals surface area contributed by atoms with Crippen molar-refractivity contribution < 1.29 is 8.42 Å². The maximum absolute atomic E-state index is 12.5. The van der Waals surface area contributed by atoms with Crippen LogP contribution in [0.4, 0.5) is 0 Å². The van der Waals surface area contributed by atoms with Gasteiger partial charge in [-0.1, -0.05) is 19.3 Å². The van der Waals surface area contributed by atoms with E-state index in [2.05, 4.69) is 5.32 Å². The molecular formula is C14H29N3O2S. The fourth-order valence-corrected chi connectivity index (χ4v) is 4.25. The minimum atomic E-state index is -3.28. The van der Waals surface area contributed by atoms with Crippen LogP contribution >= 0.6 is 0 Å². The SMILES string of the molecule is CN(CCCNC1CC1)S(=O)(=O)N(C)C1CCCCC1. The van der Waals surface area contributed by atoms with Crippen LogP contribution in [0.3, 0.4) is 0 Å². The van der Waals surface area contributed by atoms with Gasteiger partial charge in [0.1, 0.15) is 0 Å². The lowest BCUT2D eigenvalue weighted by molar-refractivity contribution is 0.268. The maximum Gasteiger partial charge on any atom is 0.281 e. The van der Waals surface area contributed by atoms with Gasteiger partial charge in [-0.25, -0.2) is 0 Å². The van der Waals surface area contributed by atoms with Crippen molar-refractivity contribution in [2.75, 3.05) is 27.2 Å². The van der Waals surface area contributed by atoms with E-state index in [9.17, 15) is 8.42 Å². The molecule has 0 unspecified atom stereocenters. The Bertz CT molecular complexity index is 389. The molecule has 0 aromatic carbocycles. The Hall–Kier alpha value is -0.170. The van der Waals surface area contributed by atoms with E-state index in [1.807, 2.05) is 0 Å². The molecule has 0 bridgehead atoms. The summed E-state index contributed by atoms with van der Waals surface area (Å²) >= 11 is 0. The second-order valence-electron chi connectivity index (χ2n) is 6.22. The summed E-state index contributed by atoms with van der Waals surface area (Å²) in [5.74, 6) is 0. The second kappa shape index (κ2) is 7.20. The molecule has 0 amide bonds. The van der Waals surface area contributed by atoms with E-state index in [1.165, 1.54) is 23.6 Å². The van der Waals surface area contributed by atoms with Gasteiger partial charge in [0.05, 0.1) is 0 Å². The molecule has 2 aliphatic rings. The number of nitrogens with one attached hydrogen (secondary N) is 1. The first-order chi connectivity index (χ1) is 9.51. The van der Waals surface area contributed by atoms with Crippen LogP contribution in [-0.2, 0) is 10.2 Å². The van der Waals surface area contributed by atoms with Crippen molar-refractivity contribution in [1.29, 1.82) is 0 Å². The molecule has 0 atom stereocenters. The highest BCUT2D eigenvalue weighted by Gasteiger charge is 2.30. The second-order valence-corrected chi connectivity index (χ2v) is 8.31. The summed E-state index contributed by atoms with van der Waals surface area (Å²) in [7, 11) is 0.156. The zero-order chi connectivity index (χ0) is 14.6. The van der Waals surface area contributed by atoms with E-state index < -0.39 is 10.2 Å². The predicted octanol–water partition coefficient (Wildman–Crippen LogP) is 1.57. The third-order valence-electron chi connectivity index (χ3n) is 4.51. The van der Waals surface area contributed by atoms with Gasteiger partial charge < -0.3 is 5.32 Å². The zero-order valence-corrected chi connectivity index (χ0v) is 13.7. The van der Waals surface area contributed by atoms with E-state index >= 15 is 0 Å². The highest BCUT2D eigenvalue weighted by Crippen LogP contribution is 2.24. The quantitative estimate of drug-likeness (QED) is 0.693. The van der Waals surface area contributed by atoms with Gasteiger partial charge in [0.15, 0.2) is 0 Å². The maximum atomic E-state index is 12.5. The average molecular weight is 303 g/mol. The van der Waals surface area contributed by atoms with Gasteiger partial charge in [0.25, 0.3) is 10.2 Å². The van der Waals surface area contributed by atoms with Gasteiger partial charge in [-0.15, -0.1) is 0 Å². The van der Waals surface area contributed by atoms with Crippen LogP contribution < -0.4 is 5.32 Å². The van der Waals surface area contributed by atoms with Crippen LogP contribution in [0, 0.1) is 0 Å². The Morgan fingerprint density at radius 1 is 1.05 bits per heavy atom. The van der Waals surface area contributed by atoms with Crippen LogP contribution in [0.15, 0.2) is 0 Å². The third kappa shape index (κ3) is 4.41. The number of rotatable bonds is 8. The summed E-state index contributed by atoms with van der Waals surface area (Å²) in [6.07, 6.45) is 8.99. The Morgan fingerprint density at radius 3 is 2.30 bits per heavy atom. The molecule has 2 fully saturated rings. The minimum absolute atomic E-state index is 0.195. The van der Waals surface area contributed by atoms with Crippen molar-refractivity contribution in [1.82, 2.24) is 13.9 Å². The Labute approximate surface area is 123 Å². The average Bonchev–Trinajstić information content (AvgIpc) is 3.27. The Kier molecular flexibility index (Phi) is 5.84. The lowest BCUT2D eigenvalue weighted by Crippen LogP contribution is -2.46. The van der Waals surface area contributed by atoms with Gasteiger partial charge in [-0.05, 0) is 38.6 Å². The standard InChI is InChI=1S/C14H29N3O2S/c1-16(12-6-11-15-13-9-10-13)20(18,19)17(2)14-7-4-3-5-8-14/h13-15H,3-12H2,1-2H3. The highest BCUT2D eigenvalue weighted by atomic mass is 32.2. The lowest BCUT2D eigenvalue weighted by atomic mass is 9.96. The Balaban J connectivity index is 1.76. The first-order valence-electron chi connectivity index (χ1n) is 7.94. The lowest BCUT2D eigenvalue weighted by Gasteiger charge is -2.33. The van der Waals surface area contributed by atoms with Crippen LogP contribution in [0.1, 0.15) is 51.4 Å². The Morgan fingerprint density at radius 2 is 1.70 bits per heavy atom. The largest absolute Gasteiger partial charge is 0.314 e. The van der Waals surface area contributed by atoms with E-state index in [4.69, 9.17) is 0 Å². The summed E-state index contributed by atoms with van der Waals surface area (Å²) in [4.78, 5) is 0. The van der Waals surface area contributed by atoms with Gasteiger partial charge in [0.2, 0.25) is 0 Å². The highest BCUT2D eigenvalue weighted by molar-refractivity contribution is 7.86. The molecule has 20 heavy (non-hydrogen) atoms. The number of hydrogen-bond donors (Lipinski definition) is 1. The number of hydrogen-bond acceptors (Lipinski definition) is 3. The van der Waals surface area contributed by atoms with Crippen LogP contribution in [0.2, 0.25) is 0 Å². The fourth-order valence-electron chi connectivity index (χ4n) is 2.86. The molecule has 2 rings (SSSR count). The normalized spacial score (nSPS) is 21.8. The summed E-state index contributed by atoms with van der Waals surface area (Å²) < 4.78 is 28.1. The summed E-state index contributed by atoms with van der Waals surface area (Å²) in [6, 6.07) is 0.891. The first kappa shape index (κ1) is 16.2. The first-order valence-corrected chi connectivity index (χ1v) is 9.34. The molecule has 0 aromatic rings. The molecule has 2 saturated carbocycles. The van der Waals surface area contributed by atoms with Crippen LogP contribution in [-0.4, -0.2) is 56.3 Å². The smallest absolute Gasteiger partial charge is 0.281 e. The molecule has 2 aliphatic carbocycles. The van der Waals surface area contributed by atoms with Gasteiger partial charge in [-0.2, -0.15) is 17.0 Å². The van der Waals surface area contributed by atoms with E-state index in [0.717, 1.165) is 38.6 Å². The molecule has 5 nitrogen and oxygen atoms in total. The molecule has 1 N–H and O–H groups in total. The topological polar surface area (TPSA) is 52.7 Å². The zero-order valence-electron chi connectivity index (χ0n) is 12.8.